The molecule has 1 aromatic heterocycles. The number of hydrogen-bond donors (Lipinski definition) is 1. The Labute approximate surface area is 163 Å². The van der Waals surface area contributed by atoms with Crippen molar-refractivity contribution in [1.82, 2.24) is 10.3 Å². The number of aromatic nitrogens is 1. The van der Waals surface area contributed by atoms with Crippen LogP contribution < -0.4 is 10.2 Å². The van der Waals surface area contributed by atoms with Gasteiger partial charge in [-0.15, -0.1) is 5.10 Å². The smallest absolute Gasteiger partial charge is 0.362 e. The summed E-state index contributed by atoms with van der Waals surface area (Å²) in [5.41, 5.74) is 0.772. The van der Waals surface area contributed by atoms with Crippen LogP contribution in [0.2, 0.25) is 0 Å². The van der Waals surface area contributed by atoms with Crippen molar-refractivity contribution < 1.29 is 18.0 Å². The summed E-state index contributed by atoms with van der Waals surface area (Å²) in [7, 11) is 3.43. The number of carbonyl (C=O) groups excluding carboxylic acids is 1. The Hall–Kier alpha value is -2.88. The maximum absolute atomic E-state index is 13.1. The van der Waals surface area contributed by atoms with E-state index in [9.17, 15) is 18.0 Å². The minimum absolute atomic E-state index is 0.130. The predicted octanol–water partition coefficient (Wildman–Crippen LogP) is 3.39. The fourth-order valence-corrected chi connectivity index (χ4v) is 3.13. The third-order valence-electron chi connectivity index (χ3n) is 3.76. The van der Waals surface area contributed by atoms with Crippen LogP contribution in [0.25, 0.3) is 11.1 Å². The fraction of sp³-hybridized carbons (Fsp3) is 0.222. The lowest BCUT2D eigenvalue weighted by molar-refractivity contribution is -0.137. The number of amides is 1. The number of anilines is 1. The number of rotatable bonds is 4. The first-order chi connectivity index (χ1) is 13.2. The zero-order chi connectivity index (χ0) is 20.3. The van der Waals surface area contributed by atoms with Crippen LogP contribution in [-0.4, -0.2) is 42.1 Å². The Morgan fingerprint density at radius 1 is 1.29 bits per heavy atom. The van der Waals surface area contributed by atoms with E-state index in [0.29, 0.717) is 33.4 Å². The molecule has 1 aliphatic heterocycles. The van der Waals surface area contributed by atoms with Crippen molar-refractivity contribution >= 4 is 34.9 Å². The molecule has 1 amide bonds. The molecule has 0 aliphatic carbocycles. The monoisotopic (exact) mass is 407 g/mol. The van der Waals surface area contributed by atoms with Gasteiger partial charge in [0.05, 0.1) is 17.5 Å². The van der Waals surface area contributed by atoms with Crippen LogP contribution in [0, 0.1) is 0 Å². The summed E-state index contributed by atoms with van der Waals surface area (Å²) in [6.45, 7) is 0. The van der Waals surface area contributed by atoms with Crippen LogP contribution in [0.4, 0.5) is 19.0 Å². The molecule has 10 heteroatoms. The zero-order valence-corrected chi connectivity index (χ0v) is 15.8. The Morgan fingerprint density at radius 3 is 2.71 bits per heavy atom. The molecule has 146 valence electrons. The topological polar surface area (TPSA) is 70.0 Å². The summed E-state index contributed by atoms with van der Waals surface area (Å²) < 4.78 is 39.3. The summed E-state index contributed by atoms with van der Waals surface area (Å²) in [5.74, 6) is 0.598. The van der Waals surface area contributed by atoms with Crippen molar-refractivity contribution in [3.63, 3.8) is 0 Å². The molecule has 0 atom stereocenters. The van der Waals surface area contributed by atoms with E-state index in [-0.39, 0.29) is 5.91 Å². The second kappa shape index (κ2) is 8.01. The third kappa shape index (κ3) is 4.69. The third-order valence-corrected chi connectivity index (χ3v) is 4.62. The molecule has 0 radical (unpaired) electrons. The van der Waals surface area contributed by atoms with Gasteiger partial charge in [-0.1, -0.05) is 30.0 Å². The summed E-state index contributed by atoms with van der Waals surface area (Å²) in [4.78, 5) is 16.8. The molecule has 3 rings (SSSR count). The first kappa shape index (κ1) is 19.9. The van der Waals surface area contributed by atoms with Crippen LogP contribution in [0.5, 0.6) is 0 Å². The number of hydrogen-bond acceptors (Lipinski definition) is 6. The number of amidine groups is 1. The van der Waals surface area contributed by atoms with Crippen LogP contribution in [0.3, 0.4) is 0 Å². The summed E-state index contributed by atoms with van der Waals surface area (Å²) in [6, 6.07) is 7.97. The van der Waals surface area contributed by atoms with E-state index >= 15 is 0 Å². The summed E-state index contributed by atoms with van der Waals surface area (Å²) in [6.07, 6.45) is -2.18. The second-order valence-corrected chi connectivity index (χ2v) is 7.06. The van der Waals surface area contributed by atoms with E-state index in [0.717, 1.165) is 12.3 Å². The average Bonchev–Trinajstić information content (AvgIpc) is 3.06. The SMILES string of the molecule is CN(C)c1ncc(C(F)(F)F)cc1-c1cccc(C=NN=C2NC(=O)CS2)c1. The molecule has 2 aromatic rings. The number of nitrogens with zero attached hydrogens (tertiary/aromatic N) is 4. The molecule has 1 saturated heterocycles. The summed E-state index contributed by atoms with van der Waals surface area (Å²) in [5, 5.41) is 10.8. The minimum Gasteiger partial charge on any atom is -0.362 e. The van der Waals surface area contributed by atoms with Crippen molar-refractivity contribution in [3.05, 3.63) is 47.7 Å². The number of thioether (sulfide) groups is 1. The molecule has 0 saturated carbocycles. The zero-order valence-electron chi connectivity index (χ0n) is 15.0. The standard InChI is InChI=1S/C18H16F3N5OS/c1-26(2)16-14(7-13(9-22-16)18(19,20)21)12-5-3-4-11(6-12)8-23-25-17-24-15(27)10-28-17/h3-9H,10H2,1-2H3,(H,24,25,27). The number of pyridine rings is 1. The Morgan fingerprint density at radius 2 is 2.07 bits per heavy atom. The first-order valence-electron chi connectivity index (χ1n) is 8.13. The van der Waals surface area contributed by atoms with Crippen molar-refractivity contribution in [1.29, 1.82) is 0 Å². The quantitative estimate of drug-likeness (QED) is 0.623. The van der Waals surface area contributed by atoms with Gasteiger partial charge in [0.1, 0.15) is 5.82 Å². The molecule has 1 N–H and O–H groups in total. The molecular formula is C18H16F3N5OS. The Balaban J connectivity index is 1.94. The number of carbonyl (C=O) groups is 1. The molecule has 6 nitrogen and oxygen atoms in total. The van der Waals surface area contributed by atoms with Gasteiger partial charge < -0.3 is 10.2 Å². The van der Waals surface area contributed by atoms with Gasteiger partial charge in [-0.3, -0.25) is 4.79 Å². The molecule has 0 spiro atoms. The second-order valence-electron chi connectivity index (χ2n) is 6.10. The van der Waals surface area contributed by atoms with E-state index < -0.39 is 11.7 Å². The van der Waals surface area contributed by atoms with E-state index in [1.54, 1.807) is 43.3 Å². The summed E-state index contributed by atoms with van der Waals surface area (Å²) >= 11 is 1.25. The Kier molecular flexibility index (Phi) is 5.68. The van der Waals surface area contributed by atoms with Gasteiger partial charge in [0, 0.05) is 25.9 Å². The highest BCUT2D eigenvalue weighted by atomic mass is 32.2. The molecule has 28 heavy (non-hydrogen) atoms. The Bertz CT molecular complexity index is 956. The number of benzene rings is 1. The van der Waals surface area contributed by atoms with Crippen LogP contribution in [0.15, 0.2) is 46.7 Å². The molecule has 0 bridgehead atoms. The fourth-order valence-electron chi connectivity index (χ4n) is 2.50. The van der Waals surface area contributed by atoms with Crippen LogP contribution in [-0.2, 0) is 11.0 Å². The van der Waals surface area contributed by atoms with E-state index in [1.807, 2.05) is 0 Å². The van der Waals surface area contributed by atoms with Gasteiger partial charge in [-0.2, -0.15) is 18.3 Å². The average molecular weight is 407 g/mol. The van der Waals surface area contributed by atoms with Crippen molar-refractivity contribution in [2.45, 2.75) is 6.18 Å². The van der Waals surface area contributed by atoms with Gasteiger partial charge in [0.25, 0.3) is 0 Å². The van der Waals surface area contributed by atoms with E-state index in [2.05, 4.69) is 20.5 Å². The lowest BCUT2D eigenvalue weighted by Crippen LogP contribution is -2.19. The van der Waals surface area contributed by atoms with Gasteiger partial charge >= 0.3 is 6.18 Å². The normalized spacial score (nSPS) is 16.0. The minimum atomic E-state index is -4.48. The van der Waals surface area contributed by atoms with Crippen molar-refractivity contribution in [2.75, 3.05) is 24.7 Å². The van der Waals surface area contributed by atoms with E-state index in [1.165, 1.54) is 18.0 Å². The lowest BCUT2D eigenvalue weighted by Gasteiger charge is -2.18. The lowest BCUT2D eigenvalue weighted by atomic mass is 10.0. The van der Waals surface area contributed by atoms with E-state index in [4.69, 9.17) is 0 Å². The van der Waals surface area contributed by atoms with Crippen molar-refractivity contribution in [2.24, 2.45) is 10.2 Å². The number of alkyl halides is 3. The highest BCUT2D eigenvalue weighted by molar-refractivity contribution is 8.15. The molecular weight excluding hydrogens is 391 g/mol. The highest BCUT2D eigenvalue weighted by Crippen LogP contribution is 2.35. The maximum Gasteiger partial charge on any atom is 0.417 e. The molecule has 0 unspecified atom stereocenters. The number of nitrogens with one attached hydrogen (secondary N) is 1. The van der Waals surface area contributed by atoms with Crippen LogP contribution in [0.1, 0.15) is 11.1 Å². The maximum atomic E-state index is 13.1. The van der Waals surface area contributed by atoms with Crippen molar-refractivity contribution in [3.8, 4) is 11.1 Å². The highest BCUT2D eigenvalue weighted by Gasteiger charge is 2.32. The molecule has 1 aliphatic rings. The number of halogens is 3. The molecule has 2 heterocycles. The van der Waals surface area contributed by atoms with Gasteiger partial charge in [-0.25, -0.2) is 4.98 Å². The predicted molar refractivity (Wildman–Crippen MR) is 105 cm³/mol. The van der Waals surface area contributed by atoms with Gasteiger partial charge in [-0.05, 0) is 23.3 Å². The molecule has 1 fully saturated rings. The van der Waals surface area contributed by atoms with Gasteiger partial charge in [0.15, 0.2) is 5.17 Å². The van der Waals surface area contributed by atoms with Crippen LogP contribution >= 0.6 is 11.8 Å². The largest absolute Gasteiger partial charge is 0.417 e. The first-order valence-corrected chi connectivity index (χ1v) is 9.11. The molecule has 1 aromatic carbocycles. The van der Waals surface area contributed by atoms with Gasteiger partial charge in [0.2, 0.25) is 5.91 Å².